The average Bonchev–Trinajstić information content (AvgIpc) is 3.38. The van der Waals surface area contributed by atoms with E-state index >= 15 is 0 Å². The van der Waals surface area contributed by atoms with E-state index in [4.69, 9.17) is 33.2 Å². The Balaban J connectivity index is 1.18. The van der Waals surface area contributed by atoms with Crippen molar-refractivity contribution in [1.29, 1.82) is 0 Å². The van der Waals surface area contributed by atoms with Crippen LogP contribution in [0.3, 0.4) is 0 Å². The number of fused-ring (bicyclic) bond motifs is 1. The second-order valence-electron chi connectivity index (χ2n) is 18.7. The smallest absolute Gasteiger partial charge is 0.328 e. The number of carbonyl (C=O) groups excluding carboxylic acids is 5. The highest BCUT2D eigenvalue weighted by molar-refractivity contribution is 5.91. The maximum atomic E-state index is 13.9. The van der Waals surface area contributed by atoms with Gasteiger partial charge < -0.3 is 49.1 Å². The largest absolute Gasteiger partial charge is 0.461 e. The maximum absolute atomic E-state index is 13.9. The first-order valence-corrected chi connectivity index (χ1v) is 26.0. The molecule has 0 radical (unpaired) electrons. The minimum Gasteiger partial charge on any atom is -0.461 e. The van der Waals surface area contributed by atoms with Crippen molar-refractivity contribution in [2.24, 2.45) is 0 Å². The molecule has 2 aliphatic rings. The molecule has 390 valence electrons. The van der Waals surface area contributed by atoms with E-state index in [1.165, 1.54) is 84.5 Å². The molecule has 3 amide bonds. The average molecular weight is 986 g/mol. The van der Waals surface area contributed by atoms with Crippen molar-refractivity contribution in [3.05, 3.63) is 108 Å². The van der Waals surface area contributed by atoms with Crippen LogP contribution in [-0.2, 0) is 70.3 Å². The van der Waals surface area contributed by atoms with Crippen molar-refractivity contribution < 1.29 is 57.1 Å². The molecule has 15 heteroatoms. The number of nitrogens with one attached hydrogen (secondary N) is 3. The monoisotopic (exact) mass is 986 g/mol. The van der Waals surface area contributed by atoms with E-state index in [0.717, 1.165) is 36.0 Å². The van der Waals surface area contributed by atoms with Crippen molar-refractivity contribution in [2.75, 3.05) is 13.2 Å². The molecular formula is C56H79N3O12. The Kier molecular flexibility index (Phi) is 25.6. The third kappa shape index (κ3) is 20.5. The summed E-state index contributed by atoms with van der Waals surface area (Å²) < 4.78 is 43.0. The van der Waals surface area contributed by atoms with E-state index in [-0.39, 0.29) is 38.6 Å². The van der Waals surface area contributed by atoms with Gasteiger partial charge >= 0.3 is 11.9 Å². The van der Waals surface area contributed by atoms with Gasteiger partial charge in [0.15, 0.2) is 12.6 Å². The molecule has 71 heavy (non-hydrogen) atoms. The van der Waals surface area contributed by atoms with Crippen molar-refractivity contribution in [1.82, 2.24) is 16.0 Å². The van der Waals surface area contributed by atoms with Crippen molar-refractivity contribution in [2.45, 2.75) is 199 Å². The zero-order valence-electron chi connectivity index (χ0n) is 42.4. The van der Waals surface area contributed by atoms with Crippen LogP contribution in [0, 0.1) is 0 Å². The Bertz CT molecular complexity index is 2010. The highest BCUT2D eigenvalue weighted by Gasteiger charge is 2.52. The van der Waals surface area contributed by atoms with Crippen LogP contribution >= 0.6 is 0 Å². The Morgan fingerprint density at radius 3 is 1.79 bits per heavy atom. The molecule has 2 saturated heterocycles. The molecule has 9 atom stereocenters. The summed E-state index contributed by atoms with van der Waals surface area (Å²) in [5, 5.41) is 8.32. The Morgan fingerprint density at radius 1 is 0.662 bits per heavy atom. The fraction of sp³-hybridized carbons (Fsp3) is 0.589. The van der Waals surface area contributed by atoms with Crippen molar-refractivity contribution in [3.63, 3.8) is 0 Å². The molecule has 3 aromatic rings. The molecule has 5 rings (SSSR count). The topological polar surface area (TPSA) is 186 Å². The van der Waals surface area contributed by atoms with Gasteiger partial charge in [0.2, 0.25) is 17.7 Å². The SMILES string of the molecule is CCCCCCCCCCCCCCCCO[C@@H]1O[C@@H]2COC(c3ccccc3)O[C@H]2[C@H](OC(C)C(=O)N[C@@H](C)C(=O)N[C@H](CCC(=O)OCc2ccccc2)C(=O)OCc2ccccc2)[C@H]1NC(C)=O. The highest BCUT2D eigenvalue weighted by atomic mass is 16.8. The molecular weight excluding hydrogens is 907 g/mol. The molecule has 3 N–H and O–H groups in total. The normalized spacial score (nSPS) is 20.9. The van der Waals surface area contributed by atoms with Crippen LogP contribution in [0.25, 0.3) is 0 Å². The lowest BCUT2D eigenvalue weighted by Gasteiger charge is -2.49. The quantitative estimate of drug-likeness (QED) is 0.0399. The van der Waals surface area contributed by atoms with E-state index in [9.17, 15) is 24.0 Å². The first-order valence-electron chi connectivity index (χ1n) is 26.0. The summed E-state index contributed by atoms with van der Waals surface area (Å²) in [5.41, 5.74) is 2.32. The summed E-state index contributed by atoms with van der Waals surface area (Å²) in [6.07, 6.45) is 11.6. The number of unbranched alkanes of at least 4 members (excludes halogenated alkanes) is 13. The predicted molar refractivity (Wildman–Crippen MR) is 268 cm³/mol. The van der Waals surface area contributed by atoms with E-state index < -0.39 is 78.9 Å². The van der Waals surface area contributed by atoms with E-state index in [1.54, 1.807) is 19.1 Å². The minimum absolute atomic E-state index is 0.0491. The number of hydrogen-bond donors (Lipinski definition) is 3. The number of carbonyl (C=O) groups is 5. The predicted octanol–water partition coefficient (Wildman–Crippen LogP) is 8.86. The van der Waals surface area contributed by atoms with Gasteiger partial charge in [-0.05, 0) is 37.8 Å². The Labute approximate surface area is 421 Å². The fourth-order valence-corrected chi connectivity index (χ4v) is 8.68. The molecule has 0 bridgehead atoms. The van der Waals surface area contributed by atoms with Gasteiger partial charge in [-0.25, -0.2) is 4.79 Å². The van der Waals surface area contributed by atoms with Gasteiger partial charge in [0.1, 0.15) is 55.8 Å². The van der Waals surface area contributed by atoms with Crippen molar-refractivity contribution in [3.8, 4) is 0 Å². The fourth-order valence-electron chi connectivity index (χ4n) is 8.68. The lowest BCUT2D eigenvalue weighted by molar-refractivity contribution is -0.350. The molecule has 15 nitrogen and oxygen atoms in total. The first kappa shape index (κ1) is 56.7. The third-order valence-corrected chi connectivity index (χ3v) is 12.7. The van der Waals surface area contributed by atoms with Crippen LogP contribution in [0.1, 0.15) is 153 Å². The lowest BCUT2D eigenvalue weighted by atomic mass is 9.95. The maximum Gasteiger partial charge on any atom is 0.328 e. The Morgan fingerprint density at radius 2 is 1.21 bits per heavy atom. The van der Waals surface area contributed by atoms with E-state index in [0.29, 0.717) is 6.61 Å². The summed E-state index contributed by atoms with van der Waals surface area (Å²) in [4.78, 5) is 66.6. The number of hydrogen-bond acceptors (Lipinski definition) is 12. The first-order chi connectivity index (χ1) is 34.5. The van der Waals surface area contributed by atoms with Gasteiger partial charge in [0.25, 0.3) is 0 Å². The van der Waals surface area contributed by atoms with Gasteiger partial charge in [-0.3, -0.25) is 19.2 Å². The number of amides is 3. The van der Waals surface area contributed by atoms with Gasteiger partial charge in [-0.2, -0.15) is 0 Å². The van der Waals surface area contributed by atoms with Gasteiger partial charge in [-0.15, -0.1) is 0 Å². The molecule has 2 unspecified atom stereocenters. The van der Waals surface area contributed by atoms with Crippen molar-refractivity contribution >= 4 is 29.7 Å². The summed E-state index contributed by atoms with van der Waals surface area (Å²) in [5.74, 6) is -3.00. The minimum atomic E-state index is -1.23. The second-order valence-corrected chi connectivity index (χ2v) is 18.7. The summed E-state index contributed by atoms with van der Waals surface area (Å²) in [7, 11) is 0. The van der Waals surface area contributed by atoms with E-state index in [1.807, 2.05) is 78.9 Å². The highest BCUT2D eigenvalue weighted by Crippen LogP contribution is 2.36. The van der Waals surface area contributed by atoms with Gasteiger partial charge in [0, 0.05) is 25.5 Å². The van der Waals surface area contributed by atoms with Crippen LogP contribution in [0.4, 0.5) is 0 Å². The summed E-state index contributed by atoms with van der Waals surface area (Å²) >= 11 is 0. The van der Waals surface area contributed by atoms with Crippen LogP contribution in [-0.4, -0.2) is 91.7 Å². The third-order valence-electron chi connectivity index (χ3n) is 12.7. The van der Waals surface area contributed by atoms with Crippen LogP contribution in [0.2, 0.25) is 0 Å². The molecule has 0 aliphatic carbocycles. The summed E-state index contributed by atoms with van der Waals surface area (Å²) in [6, 6.07) is 24.4. The molecule has 2 fully saturated rings. The van der Waals surface area contributed by atoms with Gasteiger partial charge in [-0.1, -0.05) is 181 Å². The van der Waals surface area contributed by atoms with Crippen LogP contribution in [0.15, 0.2) is 91.0 Å². The standard InChI is InChI=1S/C56H79N3O12/c1-5-6-7-8-9-10-11-12-13-14-15-16-17-27-36-65-56-49(58-42(4)60)51(50-47(70-56)39-68-55(71-50)45-32-25-20-26-33-45)69-41(3)53(63)57-40(2)52(62)59-46(54(64)67-38-44-30-23-19-24-31-44)34-35-48(61)66-37-43-28-21-18-22-29-43/h18-26,28-33,40-41,46-47,49-51,55-56H,5-17,27,34-39H2,1-4H3,(H,57,63)(H,58,60)(H,59,62)/t40-,41?,46+,47+,49+,50+,51+,55?,56+/m0/s1. The number of benzene rings is 3. The Hall–Kier alpha value is -5.19. The molecule has 0 saturated carbocycles. The van der Waals surface area contributed by atoms with Crippen LogP contribution < -0.4 is 16.0 Å². The lowest BCUT2D eigenvalue weighted by Crippen LogP contribution is -2.68. The zero-order valence-corrected chi connectivity index (χ0v) is 42.4. The second kappa shape index (κ2) is 32.0. The number of ether oxygens (including phenoxy) is 7. The van der Waals surface area contributed by atoms with E-state index in [2.05, 4.69) is 22.9 Å². The molecule has 0 aromatic heterocycles. The molecule has 2 aliphatic heterocycles. The number of esters is 2. The molecule has 3 aromatic carbocycles. The summed E-state index contributed by atoms with van der Waals surface area (Å²) in [6.45, 7) is 7.17. The van der Waals surface area contributed by atoms with Gasteiger partial charge in [0.05, 0.1) is 6.61 Å². The molecule has 0 spiro atoms. The molecule has 2 heterocycles. The van der Waals surface area contributed by atoms with Crippen LogP contribution in [0.5, 0.6) is 0 Å². The zero-order chi connectivity index (χ0) is 50.6. The number of rotatable bonds is 32.